The molecule has 8 nitrogen and oxygen atoms in total. The van der Waals surface area contributed by atoms with E-state index in [4.69, 9.17) is 5.11 Å². The number of hydrogen-bond acceptors (Lipinski definition) is 5. The summed E-state index contributed by atoms with van der Waals surface area (Å²) < 4.78 is 0. The van der Waals surface area contributed by atoms with E-state index in [9.17, 15) is 19.5 Å². The van der Waals surface area contributed by atoms with E-state index in [1.807, 2.05) is 0 Å². The number of aliphatic hydroxyl groups is 1. The molecule has 0 bridgehead atoms. The first-order valence-corrected chi connectivity index (χ1v) is 8.70. The number of aryl methyl sites for hydroxylation is 1. The van der Waals surface area contributed by atoms with Crippen molar-refractivity contribution in [3.8, 4) is 5.75 Å². The van der Waals surface area contributed by atoms with Crippen LogP contribution in [0.15, 0.2) is 24.3 Å². The average molecular weight is 363 g/mol. The van der Waals surface area contributed by atoms with Gasteiger partial charge in [-0.15, -0.1) is 0 Å². The number of aromatic hydroxyl groups is 1. The van der Waals surface area contributed by atoms with Crippen LogP contribution in [0.25, 0.3) is 0 Å². The maximum Gasteiger partial charge on any atom is 0.245 e. The van der Waals surface area contributed by atoms with E-state index >= 15 is 0 Å². The van der Waals surface area contributed by atoms with E-state index in [-0.39, 0.29) is 36.6 Å². The Morgan fingerprint density at radius 3 is 2.54 bits per heavy atom. The van der Waals surface area contributed by atoms with Crippen molar-refractivity contribution in [3.05, 3.63) is 29.8 Å². The fourth-order valence-electron chi connectivity index (χ4n) is 3.09. The lowest BCUT2D eigenvalue weighted by Gasteiger charge is -2.23. The second-order valence-electron chi connectivity index (χ2n) is 6.28. The number of phenols is 1. The lowest BCUT2D eigenvalue weighted by Crippen LogP contribution is -2.46. The predicted molar refractivity (Wildman–Crippen MR) is 94.2 cm³/mol. The van der Waals surface area contributed by atoms with Gasteiger partial charge in [0, 0.05) is 25.6 Å². The van der Waals surface area contributed by atoms with Crippen LogP contribution in [0.5, 0.6) is 5.75 Å². The molecule has 1 aromatic rings. The van der Waals surface area contributed by atoms with Crippen molar-refractivity contribution in [2.75, 3.05) is 19.7 Å². The molecule has 1 aliphatic heterocycles. The zero-order valence-electron chi connectivity index (χ0n) is 14.8. The van der Waals surface area contributed by atoms with Crippen LogP contribution in [-0.4, -0.2) is 64.6 Å². The maximum atomic E-state index is 12.6. The van der Waals surface area contributed by atoms with E-state index in [0.717, 1.165) is 5.56 Å². The highest BCUT2D eigenvalue weighted by atomic mass is 16.3. The van der Waals surface area contributed by atoms with Gasteiger partial charge >= 0.3 is 0 Å². The fraction of sp³-hybridized carbons (Fsp3) is 0.500. The van der Waals surface area contributed by atoms with Crippen LogP contribution in [0.1, 0.15) is 25.3 Å². The quantitative estimate of drug-likeness (QED) is 0.523. The topological polar surface area (TPSA) is 119 Å². The van der Waals surface area contributed by atoms with E-state index in [0.29, 0.717) is 19.4 Å². The van der Waals surface area contributed by atoms with Crippen LogP contribution in [0, 0.1) is 0 Å². The fourth-order valence-corrected chi connectivity index (χ4v) is 3.09. The number of rotatable bonds is 7. The minimum Gasteiger partial charge on any atom is -0.508 e. The molecule has 0 radical (unpaired) electrons. The van der Waals surface area contributed by atoms with Gasteiger partial charge < -0.3 is 25.7 Å². The number of hydrogen-bond donors (Lipinski definition) is 4. The third-order valence-electron chi connectivity index (χ3n) is 4.35. The molecule has 1 aromatic carbocycles. The molecule has 1 fully saturated rings. The average Bonchev–Trinajstić information content (AvgIpc) is 3.05. The Kier molecular flexibility index (Phi) is 6.97. The Morgan fingerprint density at radius 1 is 1.23 bits per heavy atom. The van der Waals surface area contributed by atoms with Crippen LogP contribution in [0.3, 0.4) is 0 Å². The highest BCUT2D eigenvalue weighted by Gasteiger charge is 2.39. The molecule has 8 heteroatoms. The summed E-state index contributed by atoms with van der Waals surface area (Å²) in [5.74, 6) is -0.775. The van der Waals surface area contributed by atoms with Crippen molar-refractivity contribution >= 4 is 17.7 Å². The molecule has 0 unspecified atom stereocenters. The summed E-state index contributed by atoms with van der Waals surface area (Å²) in [6, 6.07) is 5.63. The number of benzene rings is 1. The molecule has 142 valence electrons. The first kappa shape index (κ1) is 19.7. The number of amides is 3. The maximum absolute atomic E-state index is 12.6. The Hall–Kier alpha value is -2.61. The standard InChI is InChI=1S/C18H25N3O5/c1-2-19-18(26)15-9-13(20-16(24)11-22)10-21(15)17(25)8-5-12-3-6-14(23)7-4-12/h3-4,6-7,13,15,22-23H,2,5,8-11H2,1H3,(H,19,26)(H,20,24)/t13-,15+/m1/s1. The third-order valence-corrected chi connectivity index (χ3v) is 4.35. The second kappa shape index (κ2) is 9.19. The zero-order chi connectivity index (χ0) is 19.1. The van der Waals surface area contributed by atoms with Crippen molar-refractivity contribution in [2.24, 2.45) is 0 Å². The minimum absolute atomic E-state index is 0.165. The Morgan fingerprint density at radius 2 is 1.92 bits per heavy atom. The number of likely N-dealkylation sites (N-methyl/N-ethyl adjacent to an activating group) is 1. The molecule has 0 aliphatic carbocycles. The van der Waals surface area contributed by atoms with Gasteiger partial charge in [0.15, 0.2) is 0 Å². The number of carbonyl (C=O) groups is 3. The molecular weight excluding hydrogens is 338 g/mol. The van der Waals surface area contributed by atoms with Gasteiger partial charge in [0.2, 0.25) is 17.7 Å². The monoisotopic (exact) mass is 363 g/mol. The second-order valence-corrected chi connectivity index (χ2v) is 6.28. The van der Waals surface area contributed by atoms with Crippen molar-refractivity contribution in [1.82, 2.24) is 15.5 Å². The van der Waals surface area contributed by atoms with Crippen LogP contribution in [-0.2, 0) is 20.8 Å². The number of carbonyl (C=O) groups excluding carboxylic acids is 3. The van der Waals surface area contributed by atoms with Gasteiger partial charge in [-0.3, -0.25) is 14.4 Å². The van der Waals surface area contributed by atoms with Crippen LogP contribution in [0.4, 0.5) is 0 Å². The smallest absolute Gasteiger partial charge is 0.245 e. The number of nitrogens with one attached hydrogen (secondary N) is 2. The van der Waals surface area contributed by atoms with Gasteiger partial charge in [-0.1, -0.05) is 12.1 Å². The summed E-state index contributed by atoms with van der Waals surface area (Å²) in [4.78, 5) is 37.8. The SMILES string of the molecule is CCNC(=O)[C@@H]1C[C@@H](NC(=O)CO)CN1C(=O)CCc1ccc(O)cc1. The van der Waals surface area contributed by atoms with Crippen LogP contribution in [0.2, 0.25) is 0 Å². The molecule has 3 amide bonds. The summed E-state index contributed by atoms with van der Waals surface area (Å²) in [5.41, 5.74) is 0.912. The number of nitrogens with zero attached hydrogens (tertiary/aromatic N) is 1. The molecular formula is C18H25N3O5. The number of phenolic OH excluding ortho intramolecular Hbond substituents is 1. The van der Waals surface area contributed by atoms with Crippen LogP contribution >= 0.6 is 0 Å². The molecule has 4 N–H and O–H groups in total. The molecule has 0 saturated carbocycles. The summed E-state index contributed by atoms with van der Waals surface area (Å²) in [6.07, 6.45) is 1.04. The largest absolute Gasteiger partial charge is 0.508 e. The molecule has 1 aliphatic rings. The van der Waals surface area contributed by atoms with Crippen molar-refractivity contribution in [1.29, 1.82) is 0 Å². The first-order chi connectivity index (χ1) is 12.4. The number of aliphatic hydroxyl groups excluding tert-OH is 1. The van der Waals surface area contributed by atoms with Gasteiger partial charge in [-0.25, -0.2) is 0 Å². The molecule has 0 spiro atoms. The molecule has 2 rings (SSSR count). The lowest BCUT2D eigenvalue weighted by atomic mass is 10.1. The number of likely N-dealkylation sites (tertiary alicyclic amines) is 1. The molecule has 1 heterocycles. The zero-order valence-corrected chi connectivity index (χ0v) is 14.8. The first-order valence-electron chi connectivity index (χ1n) is 8.70. The summed E-state index contributed by atoms with van der Waals surface area (Å²) in [7, 11) is 0. The Bertz CT molecular complexity index is 647. The molecule has 26 heavy (non-hydrogen) atoms. The highest BCUT2D eigenvalue weighted by molar-refractivity contribution is 5.89. The van der Waals surface area contributed by atoms with E-state index in [1.54, 1.807) is 31.2 Å². The van der Waals surface area contributed by atoms with Crippen molar-refractivity contribution < 1.29 is 24.6 Å². The summed E-state index contributed by atoms with van der Waals surface area (Å²) >= 11 is 0. The molecule has 0 aromatic heterocycles. The van der Waals surface area contributed by atoms with Gasteiger partial charge in [0.05, 0.1) is 0 Å². The summed E-state index contributed by atoms with van der Waals surface area (Å²) in [5, 5.41) is 23.5. The van der Waals surface area contributed by atoms with Crippen LogP contribution < -0.4 is 10.6 Å². The van der Waals surface area contributed by atoms with Gasteiger partial charge in [0.25, 0.3) is 0 Å². The summed E-state index contributed by atoms with van der Waals surface area (Å²) in [6.45, 7) is 1.87. The van der Waals surface area contributed by atoms with Crippen molar-refractivity contribution in [3.63, 3.8) is 0 Å². The van der Waals surface area contributed by atoms with E-state index in [1.165, 1.54) is 4.90 Å². The van der Waals surface area contributed by atoms with Gasteiger partial charge in [-0.2, -0.15) is 0 Å². The molecule has 2 atom stereocenters. The predicted octanol–water partition coefficient (Wildman–Crippen LogP) is -0.461. The lowest BCUT2D eigenvalue weighted by molar-refractivity contribution is -0.138. The highest BCUT2D eigenvalue weighted by Crippen LogP contribution is 2.20. The Labute approximate surface area is 152 Å². The third kappa shape index (κ3) is 5.19. The molecule has 1 saturated heterocycles. The van der Waals surface area contributed by atoms with Gasteiger partial charge in [-0.05, 0) is 37.5 Å². The van der Waals surface area contributed by atoms with E-state index < -0.39 is 18.6 Å². The minimum atomic E-state index is -0.633. The Balaban J connectivity index is 2.01. The van der Waals surface area contributed by atoms with Gasteiger partial charge in [0.1, 0.15) is 18.4 Å². The normalized spacial score (nSPS) is 19.2. The van der Waals surface area contributed by atoms with E-state index in [2.05, 4.69) is 10.6 Å². The van der Waals surface area contributed by atoms with Crippen molar-refractivity contribution in [2.45, 2.75) is 38.3 Å².